The van der Waals surface area contributed by atoms with Crippen LogP contribution in [-0.2, 0) is 4.79 Å². The second-order valence-electron chi connectivity index (χ2n) is 5.69. The molecule has 0 amide bonds. The van der Waals surface area contributed by atoms with E-state index in [1.165, 1.54) is 20.8 Å². The van der Waals surface area contributed by atoms with Crippen LogP contribution in [0.2, 0.25) is 0 Å². The normalized spacial score (nSPS) is 17.8. The first-order chi connectivity index (χ1) is 9.73. The fourth-order valence-electron chi connectivity index (χ4n) is 1.29. The molecule has 0 aliphatic carbocycles. The monoisotopic (exact) mass is 488 g/mol. The molecule has 0 saturated heterocycles. The summed E-state index contributed by atoms with van der Waals surface area (Å²) in [6.07, 6.45) is -6.90. The number of carbonyl (C=O) groups is 1. The number of rotatable bonds is 5. The van der Waals surface area contributed by atoms with Gasteiger partial charge in [0.25, 0.3) is 0 Å². The van der Waals surface area contributed by atoms with E-state index in [4.69, 9.17) is 0 Å². The molecule has 2 unspecified atom stereocenters. The van der Waals surface area contributed by atoms with Gasteiger partial charge in [-0.1, -0.05) is 52.6 Å². The van der Waals surface area contributed by atoms with Gasteiger partial charge in [-0.3, -0.25) is 4.79 Å². The topological polar surface area (TPSA) is 17.1 Å². The molecule has 0 heterocycles. The molecule has 0 rings (SSSR count). The third-order valence-electron chi connectivity index (χ3n) is 2.76. The lowest BCUT2D eigenvalue weighted by molar-refractivity contribution is -0.395. The van der Waals surface area contributed by atoms with E-state index in [2.05, 4.69) is 15.9 Å². The van der Waals surface area contributed by atoms with Crippen LogP contribution in [-0.4, -0.2) is 39.4 Å². The highest BCUT2D eigenvalue weighted by Crippen LogP contribution is 2.56. The number of alkyl halides is 11. The number of hydrogen-bond donors (Lipinski definition) is 0. The van der Waals surface area contributed by atoms with E-state index in [9.17, 15) is 44.3 Å². The Morgan fingerprint density at radius 3 is 1.39 bits per heavy atom. The predicted octanol–water partition coefficient (Wildman–Crippen LogP) is 5.60. The van der Waals surface area contributed by atoms with Gasteiger partial charge in [-0.15, -0.1) is 0 Å². The highest BCUT2D eigenvalue weighted by Gasteiger charge is 2.83. The quantitative estimate of drug-likeness (QED) is 0.363. The van der Waals surface area contributed by atoms with Crippen LogP contribution in [0.15, 0.2) is 0 Å². The molecule has 0 spiro atoms. The fourth-order valence-corrected chi connectivity index (χ4v) is 2.84. The Morgan fingerprint density at radius 1 is 0.783 bits per heavy atom. The molecule has 12 heteroatoms. The molecule has 2 atom stereocenters. The fraction of sp³-hybridized carbons (Fsp3) is 0.909. The van der Waals surface area contributed by atoms with Gasteiger partial charge < -0.3 is 0 Å². The van der Waals surface area contributed by atoms with Crippen LogP contribution in [0.1, 0.15) is 20.8 Å². The Labute approximate surface area is 142 Å². The van der Waals surface area contributed by atoms with Gasteiger partial charge in [0.2, 0.25) is 0 Å². The van der Waals surface area contributed by atoms with E-state index in [1.807, 2.05) is 15.9 Å². The third kappa shape index (κ3) is 3.98. The zero-order chi connectivity index (χ0) is 19.2. The lowest BCUT2D eigenvalue weighted by Crippen LogP contribution is -2.65. The third-order valence-corrected chi connectivity index (χ3v) is 5.52. The average Bonchev–Trinajstić information content (AvgIpc) is 2.32. The standard InChI is InChI=1S/C11H11Br2F9O/c1-7(2,3)6(23)4(12)5(13)8(14,15)9(16,17)10(18,19)11(20,21)22/h4-5H,1-3H3. The van der Waals surface area contributed by atoms with E-state index >= 15 is 0 Å². The molecular formula is C11H11Br2F9O. The van der Waals surface area contributed by atoms with Crippen LogP contribution in [0.25, 0.3) is 0 Å². The maximum absolute atomic E-state index is 13.7. The second kappa shape index (κ2) is 6.38. The Kier molecular flexibility index (Phi) is 6.38. The van der Waals surface area contributed by atoms with Gasteiger partial charge in [-0.25, -0.2) is 0 Å². The molecule has 0 N–H and O–H groups in total. The van der Waals surface area contributed by atoms with E-state index in [0.29, 0.717) is 0 Å². The van der Waals surface area contributed by atoms with E-state index in [-0.39, 0.29) is 0 Å². The second-order valence-corrected chi connectivity index (χ2v) is 7.66. The van der Waals surface area contributed by atoms with Crippen molar-refractivity contribution in [2.45, 2.75) is 54.4 Å². The Hall–Kier alpha value is -0.000000000000000222. The molecule has 1 nitrogen and oxygen atoms in total. The van der Waals surface area contributed by atoms with E-state index < -0.39 is 44.8 Å². The summed E-state index contributed by atoms with van der Waals surface area (Å²) in [7, 11) is 0. The molecular weight excluding hydrogens is 479 g/mol. The number of ketones is 1. The number of Topliss-reactive ketones (excluding diaryl/α,β-unsaturated/α-hetero) is 1. The number of halogens is 11. The van der Waals surface area contributed by atoms with Crippen LogP contribution in [0, 0.1) is 5.41 Å². The molecule has 0 aliphatic heterocycles. The van der Waals surface area contributed by atoms with Crippen molar-refractivity contribution in [3.05, 3.63) is 0 Å². The molecule has 0 bridgehead atoms. The van der Waals surface area contributed by atoms with Crippen molar-refractivity contribution in [2.75, 3.05) is 0 Å². The van der Waals surface area contributed by atoms with Gasteiger partial charge in [0, 0.05) is 5.41 Å². The molecule has 0 aliphatic rings. The number of hydrogen-bond acceptors (Lipinski definition) is 1. The molecule has 0 aromatic heterocycles. The van der Waals surface area contributed by atoms with Crippen LogP contribution in [0.3, 0.4) is 0 Å². The smallest absolute Gasteiger partial charge is 0.298 e. The summed E-state index contributed by atoms with van der Waals surface area (Å²) in [5.74, 6) is -20.8. The Bertz CT molecular complexity index is 453. The highest BCUT2D eigenvalue weighted by molar-refractivity contribution is 9.12. The minimum Gasteiger partial charge on any atom is -0.298 e. The first-order valence-electron chi connectivity index (χ1n) is 5.75. The first-order valence-corrected chi connectivity index (χ1v) is 7.58. The van der Waals surface area contributed by atoms with Crippen molar-refractivity contribution >= 4 is 37.6 Å². The maximum Gasteiger partial charge on any atom is 0.460 e. The maximum atomic E-state index is 13.7. The zero-order valence-electron chi connectivity index (χ0n) is 11.7. The van der Waals surface area contributed by atoms with Gasteiger partial charge >= 0.3 is 23.9 Å². The van der Waals surface area contributed by atoms with Gasteiger partial charge in [0.1, 0.15) is 4.83 Å². The summed E-state index contributed by atoms with van der Waals surface area (Å²) >= 11 is 4.31. The lowest BCUT2D eigenvalue weighted by Gasteiger charge is -2.37. The lowest BCUT2D eigenvalue weighted by atomic mass is 9.86. The molecule has 23 heavy (non-hydrogen) atoms. The average molecular weight is 490 g/mol. The molecule has 0 aromatic rings. The van der Waals surface area contributed by atoms with Crippen molar-refractivity contribution in [3.8, 4) is 0 Å². The van der Waals surface area contributed by atoms with E-state index in [0.717, 1.165) is 0 Å². The van der Waals surface area contributed by atoms with Crippen molar-refractivity contribution in [1.29, 1.82) is 0 Å². The zero-order valence-corrected chi connectivity index (χ0v) is 14.9. The van der Waals surface area contributed by atoms with Gasteiger partial charge in [-0.05, 0) is 0 Å². The largest absolute Gasteiger partial charge is 0.460 e. The van der Waals surface area contributed by atoms with Crippen molar-refractivity contribution in [1.82, 2.24) is 0 Å². The summed E-state index contributed by atoms with van der Waals surface area (Å²) in [5, 5.41) is 0. The van der Waals surface area contributed by atoms with Crippen LogP contribution < -0.4 is 0 Å². The summed E-state index contributed by atoms with van der Waals surface area (Å²) in [5.41, 5.74) is -1.34. The molecule has 0 aromatic carbocycles. The minimum absolute atomic E-state index is 1.09. The van der Waals surface area contributed by atoms with Crippen molar-refractivity contribution < 1.29 is 44.3 Å². The molecule has 138 valence electrons. The van der Waals surface area contributed by atoms with Crippen molar-refractivity contribution in [2.24, 2.45) is 5.41 Å². The summed E-state index contributed by atoms with van der Waals surface area (Å²) in [6, 6.07) is 0. The molecule has 0 fully saturated rings. The predicted molar refractivity (Wildman–Crippen MR) is 70.8 cm³/mol. The van der Waals surface area contributed by atoms with E-state index in [1.54, 1.807) is 0 Å². The number of carbonyl (C=O) groups excluding carboxylic acids is 1. The van der Waals surface area contributed by atoms with Crippen LogP contribution >= 0.6 is 31.9 Å². The van der Waals surface area contributed by atoms with Crippen molar-refractivity contribution in [3.63, 3.8) is 0 Å². The Morgan fingerprint density at radius 2 is 1.13 bits per heavy atom. The minimum atomic E-state index is -6.99. The van der Waals surface area contributed by atoms with Gasteiger partial charge in [0.15, 0.2) is 5.78 Å². The molecule has 0 radical (unpaired) electrons. The molecule has 0 saturated carbocycles. The first kappa shape index (κ1) is 23.0. The summed E-state index contributed by atoms with van der Waals surface area (Å²) in [4.78, 5) is 6.62. The summed E-state index contributed by atoms with van der Waals surface area (Å²) in [6.45, 7) is 3.68. The summed E-state index contributed by atoms with van der Waals surface area (Å²) < 4.78 is 115. The van der Waals surface area contributed by atoms with Crippen LogP contribution in [0.4, 0.5) is 39.5 Å². The van der Waals surface area contributed by atoms with Gasteiger partial charge in [-0.2, -0.15) is 39.5 Å². The van der Waals surface area contributed by atoms with Crippen LogP contribution in [0.5, 0.6) is 0 Å². The SMILES string of the molecule is CC(C)(C)C(=O)C(Br)C(Br)C(F)(F)C(F)(F)C(F)(F)C(F)(F)F. The Balaban J connectivity index is 5.84. The highest BCUT2D eigenvalue weighted by atomic mass is 79.9. The van der Waals surface area contributed by atoms with Gasteiger partial charge in [0.05, 0.1) is 4.83 Å².